The quantitative estimate of drug-likeness (QED) is 0.636. The van der Waals surface area contributed by atoms with Crippen LogP contribution in [0, 0.1) is 0 Å². The van der Waals surface area contributed by atoms with Gasteiger partial charge in [-0.3, -0.25) is 0 Å². The molecule has 0 N–H and O–H groups in total. The van der Waals surface area contributed by atoms with Crippen LogP contribution in [0.2, 0.25) is 5.02 Å². The van der Waals surface area contributed by atoms with E-state index >= 15 is 0 Å². The molecule has 0 saturated carbocycles. The summed E-state index contributed by atoms with van der Waals surface area (Å²) in [6.07, 6.45) is 7.09. The Bertz CT molecular complexity index is 885. The summed E-state index contributed by atoms with van der Waals surface area (Å²) in [5.41, 5.74) is 6.34. The van der Waals surface area contributed by atoms with Crippen LogP contribution < -0.4 is 4.90 Å². The highest BCUT2D eigenvalue weighted by molar-refractivity contribution is 6.30. The van der Waals surface area contributed by atoms with E-state index in [0.717, 1.165) is 5.02 Å². The summed E-state index contributed by atoms with van der Waals surface area (Å²) in [7, 11) is 2.14. The van der Waals surface area contributed by atoms with Gasteiger partial charge < -0.3 is 4.90 Å². The molecule has 1 saturated heterocycles. The molecule has 0 spiro atoms. The first kappa shape index (κ1) is 17.4. The number of hydrogen-bond donors (Lipinski definition) is 0. The van der Waals surface area contributed by atoms with Crippen LogP contribution >= 0.6 is 11.6 Å². The molecule has 0 radical (unpaired) electrons. The van der Waals surface area contributed by atoms with E-state index in [1.807, 2.05) is 6.07 Å². The Balaban J connectivity index is 1.59. The molecule has 2 aliphatic rings. The normalized spacial score (nSPS) is 18.8. The van der Waals surface area contributed by atoms with Crippen molar-refractivity contribution in [2.24, 2.45) is 0 Å². The first-order valence-corrected chi connectivity index (χ1v) is 9.79. The zero-order valence-corrected chi connectivity index (χ0v) is 16.6. The second-order valence-corrected chi connectivity index (χ2v) is 8.29. The van der Waals surface area contributed by atoms with Gasteiger partial charge in [-0.05, 0) is 62.6 Å². The van der Waals surface area contributed by atoms with E-state index in [1.54, 1.807) is 0 Å². The molecule has 2 nitrogen and oxygen atoms in total. The summed E-state index contributed by atoms with van der Waals surface area (Å²) >= 11 is 6.24. The highest BCUT2D eigenvalue weighted by Crippen LogP contribution is 2.40. The molecule has 4 rings (SSSR count). The minimum absolute atomic E-state index is 0.0546. The Hall–Kier alpha value is -2.06. The third kappa shape index (κ3) is 2.97. The van der Waals surface area contributed by atoms with Gasteiger partial charge in [0.25, 0.3) is 0 Å². The van der Waals surface area contributed by atoms with Gasteiger partial charge in [-0.2, -0.15) is 4.58 Å². The number of rotatable bonds is 3. The summed E-state index contributed by atoms with van der Waals surface area (Å²) in [5.74, 6) is 0. The van der Waals surface area contributed by atoms with Crippen molar-refractivity contribution in [3.8, 4) is 0 Å². The Morgan fingerprint density at radius 1 is 1.00 bits per heavy atom. The van der Waals surface area contributed by atoms with Gasteiger partial charge in [0.2, 0.25) is 5.69 Å². The van der Waals surface area contributed by atoms with Crippen molar-refractivity contribution in [1.29, 1.82) is 0 Å². The molecule has 0 bridgehead atoms. The average molecular weight is 366 g/mol. The van der Waals surface area contributed by atoms with Crippen LogP contribution in [-0.2, 0) is 5.41 Å². The first-order valence-electron chi connectivity index (χ1n) is 9.41. The van der Waals surface area contributed by atoms with Crippen molar-refractivity contribution in [3.63, 3.8) is 0 Å². The van der Waals surface area contributed by atoms with Gasteiger partial charge in [-0.1, -0.05) is 23.7 Å². The number of nitrogens with zero attached hydrogens (tertiary/aromatic N) is 2. The first-order chi connectivity index (χ1) is 12.5. The second kappa shape index (κ2) is 6.59. The minimum Gasteiger partial charge on any atom is -0.372 e. The topological polar surface area (TPSA) is 6.25 Å². The molecular weight excluding hydrogens is 340 g/mol. The summed E-state index contributed by atoms with van der Waals surface area (Å²) in [6, 6.07) is 15.1. The molecule has 0 unspecified atom stereocenters. The predicted octanol–water partition coefficient (Wildman–Crippen LogP) is 5.66. The molecular formula is C23H26ClN2+. The van der Waals surface area contributed by atoms with Crippen LogP contribution in [0.25, 0.3) is 6.08 Å². The van der Waals surface area contributed by atoms with Gasteiger partial charge in [-0.25, -0.2) is 0 Å². The van der Waals surface area contributed by atoms with Crippen LogP contribution in [0.4, 0.5) is 11.4 Å². The summed E-state index contributed by atoms with van der Waals surface area (Å²) in [6.45, 7) is 6.91. The van der Waals surface area contributed by atoms with E-state index in [9.17, 15) is 0 Å². The lowest BCUT2D eigenvalue weighted by molar-refractivity contribution is -0.401. The third-order valence-corrected chi connectivity index (χ3v) is 6.03. The lowest BCUT2D eigenvalue weighted by Gasteiger charge is -2.17. The van der Waals surface area contributed by atoms with Gasteiger partial charge in [0, 0.05) is 41.5 Å². The molecule has 1 fully saturated rings. The van der Waals surface area contributed by atoms with Crippen molar-refractivity contribution in [2.45, 2.75) is 32.1 Å². The lowest BCUT2D eigenvalue weighted by atomic mass is 9.81. The maximum Gasteiger partial charge on any atom is 0.209 e. The van der Waals surface area contributed by atoms with Crippen molar-refractivity contribution in [2.75, 3.05) is 25.0 Å². The fourth-order valence-corrected chi connectivity index (χ4v) is 4.43. The fourth-order valence-electron chi connectivity index (χ4n) is 4.26. The lowest BCUT2D eigenvalue weighted by Crippen LogP contribution is -2.26. The maximum atomic E-state index is 6.24. The Morgan fingerprint density at radius 2 is 1.69 bits per heavy atom. The molecule has 0 atom stereocenters. The fraction of sp³-hybridized carbons (Fsp3) is 0.348. The molecule has 3 heteroatoms. The standard InChI is InChI=1S/C23H26ClN2/c1-23(2)20-16-18(24)9-12-21(20)25(3)22(23)13-8-17-6-10-19(11-7-17)26-14-4-5-15-26/h6-13,16H,4-5,14-15H2,1-3H3/q+1. The van der Waals surface area contributed by atoms with Crippen LogP contribution in [0.15, 0.2) is 48.5 Å². The van der Waals surface area contributed by atoms with Crippen molar-refractivity contribution in [3.05, 3.63) is 64.7 Å². The average Bonchev–Trinajstić information content (AvgIpc) is 3.21. The number of benzene rings is 2. The van der Waals surface area contributed by atoms with Crippen molar-refractivity contribution in [1.82, 2.24) is 0 Å². The third-order valence-electron chi connectivity index (χ3n) is 5.79. The number of hydrogen-bond acceptors (Lipinski definition) is 1. The van der Waals surface area contributed by atoms with Crippen molar-refractivity contribution < 1.29 is 4.58 Å². The van der Waals surface area contributed by atoms with Crippen LogP contribution in [-0.4, -0.2) is 30.4 Å². The van der Waals surface area contributed by atoms with Gasteiger partial charge >= 0.3 is 0 Å². The van der Waals surface area contributed by atoms with E-state index in [0.29, 0.717) is 0 Å². The van der Waals surface area contributed by atoms with E-state index in [4.69, 9.17) is 11.6 Å². The van der Waals surface area contributed by atoms with Crippen LogP contribution in [0.3, 0.4) is 0 Å². The SMILES string of the molecule is C[N+]1=C(/C=C/c2ccc(N3CCCC3)cc2)C(C)(C)c2cc(Cl)ccc21. The zero-order valence-electron chi connectivity index (χ0n) is 15.8. The molecule has 134 valence electrons. The number of halogens is 1. The summed E-state index contributed by atoms with van der Waals surface area (Å²) in [5, 5.41) is 0.799. The Morgan fingerprint density at radius 3 is 2.38 bits per heavy atom. The molecule has 0 aromatic heterocycles. The predicted molar refractivity (Wildman–Crippen MR) is 112 cm³/mol. The summed E-state index contributed by atoms with van der Waals surface area (Å²) in [4.78, 5) is 2.47. The van der Waals surface area contributed by atoms with Crippen molar-refractivity contribution >= 4 is 34.8 Å². The van der Waals surface area contributed by atoms with Crippen LogP contribution in [0.1, 0.15) is 37.8 Å². The van der Waals surface area contributed by atoms with Gasteiger partial charge in [0.1, 0.15) is 7.05 Å². The Kier molecular flexibility index (Phi) is 4.40. The van der Waals surface area contributed by atoms with Crippen LogP contribution in [0.5, 0.6) is 0 Å². The van der Waals surface area contributed by atoms with E-state index in [1.165, 1.54) is 54.1 Å². The highest BCUT2D eigenvalue weighted by atomic mass is 35.5. The molecule has 26 heavy (non-hydrogen) atoms. The Labute approximate surface area is 161 Å². The van der Waals surface area contributed by atoms with E-state index in [2.05, 4.69) is 78.9 Å². The number of allylic oxidation sites excluding steroid dienone is 1. The molecule has 2 heterocycles. The molecule has 2 aliphatic heterocycles. The molecule has 0 amide bonds. The molecule has 0 aliphatic carbocycles. The molecule has 2 aromatic rings. The number of anilines is 1. The highest BCUT2D eigenvalue weighted by Gasteiger charge is 2.42. The number of fused-ring (bicyclic) bond motifs is 1. The largest absolute Gasteiger partial charge is 0.372 e. The van der Waals surface area contributed by atoms with E-state index in [-0.39, 0.29) is 5.41 Å². The minimum atomic E-state index is -0.0546. The second-order valence-electron chi connectivity index (χ2n) is 7.85. The monoisotopic (exact) mass is 365 g/mol. The smallest absolute Gasteiger partial charge is 0.209 e. The molecule has 2 aromatic carbocycles. The van der Waals surface area contributed by atoms with Gasteiger partial charge in [0.05, 0.1) is 5.41 Å². The summed E-state index contributed by atoms with van der Waals surface area (Å²) < 4.78 is 2.28. The van der Waals surface area contributed by atoms with Gasteiger partial charge in [-0.15, -0.1) is 0 Å². The van der Waals surface area contributed by atoms with E-state index < -0.39 is 0 Å². The zero-order chi connectivity index (χ0) is 18.3. The van der Waals surface area contributed by atoms with Gasteiger partial charge in [0.15, 0.2) is 5.71 Å². The maximum absolute atomic E-state index is 6.24.